The van der Waals surface area contributed by atoms with Gasteiger partial charge in [0, 0.05) is 13.1 Å². The normalized spacial score (nSPS) is 13.4. The molecule has 3 rings (SSSR count). The molecule has 256 valence electrons. The van der Waals surface area contributed by atoms with Crippen molar-refractivity contribution in [1.29, 1.82) is 0 Å². The number of nitrogens with one attached hydrogen (secondary N) is 3. The molecule has 10 nitrogen and oxygen atoms in total. The molecule has 0 spiro atoms. The molecule has 4 N–H and O–H groups in total. The third kappa shape index (κ3) is 13.0. The Labute approximate surface area is 279 Å². The van der Waals surface area contributed by atoms with Crippen molar-refractivity contribution in [2.24, 2.45) is 0 Å². The van der Waals surface area contributed by atoms with E-state index in [0.717, 1.165) is 22.4 Å². The average molecular weight is 668 g/mol. The van der Waals surface area contributed by atoms with Crippen LogP contribution in [0.1, 0.15) is 56.2 Å². The van der Waals surface area contributed by atoms with Gasteiger partial charge in [0.25, 0.3) is 0 Å². The van der Waals surface area contributed by atoms with Crippen molar-refractivity contribution >= 4 is 21.8 Å². The Morgan fingerprint density at radius 1 is 0.830 bits per heavy atom. The van der Waals surface area contributed by atoms with Gasteiger partial charge in [0.15, 0.2) is 9.84 Å². The standard InChI is InChI=1S/C36H49N3O7S/c1-4-13-31(14-5-2)47(43,44)26-33(39-36(42)46-25-28-17-10-7-11-18-28)35(41)38-32(22-27-15-8-6-9-16-27)34(40)24-37-23-29-19-12-20-30(21-29)45-3/h6-12,15-21,31-34,37,40H,4-5,13-14,22-26H2,1-3H3,(H,38,41)(H,39,42)/t32-,33+,34+/m0/s1. The molecule has 0 radical (unpaired) electrons. The third-order valence-electron chi connectivity index (χ3n) is 7.86. The lowest BCUT2D eigenvalue weighted by molar-refractivity contribution is -0.124. The maximum Gasteiger partial charge on any atom is 0.408 e. The Kier molecular flexibility index (Phi) is 15.7. The highest BCUT2D eigenvalue weighted by Gasteiger charge is 2.34. The molecule has 0 unspecified atom stereocenters. The molecular formula is C36H49N3O7S. The van der Waals surface area contributed by atoms with Crippen LogP contribution in [-0.4, -0.2) is 68.4 Å². The number of aliphatic hydroxyl groups is 1. The van der Waals surface area contributed by atoms with Crippen LogP contribution in [0.25, 0.3) is 0 Å². The van der Waals surface area contributed by atoms with Crippen molar-refractivity contribution in [2.75, 3.05) is 19.4 Å². The summed E-state index contributed by atoms with van der Waals surface area (Å²) in [6, 6.07) is 23.7. The van der Waals surface area contributed by atoms with Gasteiger partial charge in [-0.25, -0.2) is 13.2 Å². The van der Waals surface area contributed by atoms with E-state index in [0.29, 0.717) is 32.2 Å². The summed E-state index contributed by atoms with van der Waals surface area (Å²) in [5.74, 6) is -0.591. The van der Waals surface area contributed by atoms with E-state index in [4.69, 9.17) is 9.47 Å². The summed E-state index contributed by atoms with van der Waals surface area (Å²) in [5, 5.41) is 19.2. The minimum absolute atomic E-state index is 0.0453. The molecule has 0 aliphatic heterocycles. The van der Waals surface area contributed by atoms with Gasteiger partial charge in [-0.2, -0.15) is 0 Å². The van der Waals surface area contributed by atoms with Crippen molar-refractivity contribution in [3.8, 4) is 5.75 Å². The van der Waals surface area contributed by atoms with E-state index in [1.165, 1.54) is 0 Å². The number of benzene rings is 3. The zero-order chi connectivity index (χ0) is 34.1. The molecule has 0 fully saturated rings. The fourth-order valence-corrected chi connectivity index (χ4v) is 7.49. The second-order valence-corrected chi connectivity index (χ2v) is 14.0. The smallest absolute Gasteiger partial charge is 0.408 e. The Hall–Kier alpha value is -3.93. The maximum absolute atomic E-state index is 13.8. The van der Waals surface area contributed by atoms with Crippen LogP contribution in [0.4, 0.5) is 4.79 Å². The lowest BCUT2D eigenvalue weighted by atomic mass is 10.0. The van der Waals surface area contributed by atoms with Gasteiger partial charge in [-0.1, -0.05) is 99.5 Å². The van der Waals surface area contributed by atoms with Crippen LogP contribution >= 0.6 is 0 Å². The molecule has 3 aromatic rings. The van der Waals surface area contributed by atoms with E-state index < -0.39 is 51.0 Å². The molecule has 3 aromatic carbocycles. The molecule has 0 bridgehead atoms. The quantitative estimate of drug-likeness (QED) is 0.138. The van der Waals surface area contributed by atoms with E-state index in [2.05, 4.69) is 16.0 Å². The molecule has 11 heteroatoms. The van der Waals surface area contributed by atoms with Crippen LogP contribution in [-0.2, 0) is 38.9 Å². The number of hydrogen-bond acceptors (Lipinski definition) is 8. The van der Waals surface area contributed by atoms with Crippen molar-refractivity contribution < 1.29 is 32.6 Å². The van der Waals surface area contributed by atoms with Crippen LogP contribution in [0, 0.1) is 0 Å². The van der Waals surface area contributed by atoms with E-state index in [1.54, 1.807) is 19.2 Å². The number of rotatable bonds is 20. The molecule has 2 amide bonds. The highest BCUT2D eigenvalue weighted by molar-refractivity contribution is 7.92. The number of alkyl carbamates (subject to hydrolysis) is 1. The van der Waals surface area contributed by atoms with Crippen LogP contribution in [0.2, 0.25) is 0 Å². The highest BCUT2D eigenvalue weighted by atomic mass is 32.2. The molecule has 47 heavy (non-hydrogen) atoms. The number of ether oxygens (including phenoxy) is 2. The topological polar surface area (TPSA) is 143 Å². The Balaban J connectivity index is 1.79. The molecule has 0 aliphatic rings. The zero-order valence-electron chi connectivity index (χ0n) is 27.6. The summed E-state index contributed by atoms with van der Waals surface area (Å²) in [4.78, 5) is 26.7. The van der Waals surface area contributed by atoms with E-state index >= 15 is 0 Å². The molecule has 0 aromatic heterocycles. The molecule has 0 saturated heterocycles. The summed E-state index contributed by atoms with van der Waals surface area (Å²) in [7, 11) is -2.19. The number of amides is 2. The Bertz CT molecular complexity index is 1470. The first-order valence-electron chi connectivity index (χ1n) is 16.2. The SMILES string of the molecule is CCCC(CCC)S(=O)(=O)C[C@@H](NC(=O)OCc1ccccc1)C(=O)N[C@@H](Cc1ccccc1)[C@H](O)CNCc1cccc(OC)c1. The van der Waals surface area contributed by atoms with Crippen molar-refractivity contribution in [2.45, 2.75) is 82.5 Å². The predicted octanol–water partition coefficient (Wildman–Crippen LogP) is 4.55. The monoisotopic (exact) mass is 667 g/mol. The van der Waals surface area contributed by atoms with Gasteiger partial charge in [-0.05, 0) is 48.1 Å². The number of aliphatic hydroxyl groups excluding tert-OH is 1. The predicted molar refractivity (Wildman–Crippen MR) is 184 cm³/mol. The largest absolute Gasteiger partial charge is 0.497 e. The fourth-order valence-electron chi connectivity index (χ4n) is 5.33. The minimum atomic E-state index is -3.79. The van der Waals surface area contributed by atoms with Crippen LogP contribution in [0.3, 0.4) is 0 Å². The van der Waals surface area contributed by atoms with Crippen molar-refractivity contribution in [1.82, 2.24) is 16.0 Å². The number of hydrogen-bond donors (Lipinski definition) is 4. The van der Waals surface area contributed by atoms with Crippen molar-refractivity contribution in [3.05, 3.63) is 102 Å². The molecular weight excluding hydrogens is 618 g/mol. The van der Waals surface area contributed by atoms with Crippen LogP contribution in [0.15, 0.2) is 84.9 Å². The number of carbonyl (C=O) groups is 2. The van der Waals surface area contributed by atoms with Gasteiger partial charge >= 0.3 is 6.09 Å². The van der Waals surface area contributed by atoms with Gasteiger partial charge in [0.2, 0.25) is 5.91 Å². The molecule has 0 saturated carbocycles. The summed E-state index contributed by atoms with van der Waals surface area (Å²) in [6.45, 7) is 4.38. The number of carbonyl (C=O) groups excluding carboxylic acids is 2. The second kappa shape index (κ2) is 19.7. The zero-order valence-corrected chi connectivity index (χ0v) is 28.4. The molecule has 0 heterocycles. The third-order valence-corrected chi connectivity index (χ3v) is 10.1. The van der Waals surface area contributed by atoms with E-state index in [-0.39, 0.29) is 19.6 Å². The Morgan fingerprint density at radius 2 is 1.45 bits per heavy atom. The first-order chi connectivity index (χ1) is 22.6. The molecule has 0 aliphatic carbocycles. The van der Waals surface area contributed by atoms with Crippen LogP contribution < -0.4 is 20.7 Å². The maximum atomic E-state index is 13.8. The van der Waals surface area contributed by atoms with E-state index in [1.807, 2.05) is 86.6 Å². The van der Waals surface area contributed by atoms with Gasteiger partial charge in [0.05, 0.1) is 30.3 Å². The minimum Gasteiger partial charge on any atom is -0.497 e. The summed E-state index contributed by atoms with van der Waals surface area (Å²) >= 11 is 0. The number of sulfone groups is 1. The van der Waals surface area contributed by atoms with E-state index in [9.17, 15) is 23.1 Å². The molecule has 3 atom stereocenters. The first-order valence-corrected chi connectivity index (χ1v) is 17.9. The summed E-state index contributed by atoms with van der Waals surface area (Å²) < 4.78 is 37.8. The summed E-state index contributed by atoms with van der Waals surface area (Å²) in [6.07, 6.45) is 0.574. The highest BCUT2D eigenvalue weighted by Crippen LogP contribution is 2.18. The average Bonchev–Trinajstić information content (AvgIpc) is 3.07. The van der Waals surface area contributed by atoms with Crippen LogP contribution in [0.5, 0.6) is 5.75 Å². The fraction of sp³-hybridized carbons (Fsp3) is 0.444. The Morgan fingerprint density at radius 3 is 2.06 bits per heavy atom. The first kappa shape index (κ1) is 37.5. The van der Waals surface area contributed by atoms with Gasteiger partial charge in [0.1, 0.15) is 18.4 Å². The lowest BCUT2D eigenvalue weighted by Crippen LogP contribution is -2.57. The lowest BCUT2D eigenvalue weighted by Gasteiger charge is -2.28. The van der Waals surface area contributed by atoms with Gasteiger partial charge in [-0.3, -0.25) is 4.79 Å². The van der Waals surface area contributed by atoms with Gasteiger partial charge in [-0.15, -0.1) is 0 Å². The second-order valence-electron chi connectivity index (χ2n) is 11.6. The number of methoxy groups -OCH3 is 1. The van der Waals surface area contributed by atoms with Crippen molar-refractivity contribution in [3.63, 3.8) is 0 Å². The summed E-state index contributed by atoms with van der Waals surface area (Å²) in [5.41, 5.74) is 2.57. The van der Waals surface area contributed by atoms with Gasteiger partial charge < -0.3 is 30.5 Å².